The Morgan fingerprint density at radius 2 is 1.33 bits per heavy atom. The predicted molar refractivity (Wildman–Crippen MR) is 175 cm³/mol. The first-order chi connectivity index (χ1) is 21.6. The maximum Gasteiger partial charge on any atom is 0.264 e. The van der Waals surface area contributed by atoms with Gasteiger partial charge in [-0.1, -0.05) is 72.8 Å². The Morgan fingerprint density at radius 3 is 1.91 bits per heavy atom. The van der Waals surface area contributed by atoms with Gasteiger partial charge in [-0.2, -0.15) is 0 Å². The van der Waals surface area contributed by atoms with Crippen LogP contribution in [0.5, 0.6) is 11.5 Å². The highest BCUT2D eigenvalue weighted by molar-refractivity contribution is 7.92. The van der Waals surface area contributed by atoms with Gasteiger partial charge in [0.25, 0.3) is 10.0 Å². The Balaban J connectivity index is 1.82. The summed E-state index contributed by atoms with van der Waals surface area (Å²) in [5.74, 6) is -0.125. The van der Waals surface area contributed by atoms with Gasteiger partial charge in [-0.3, -0.25) is 13.9 Å². The fraction of sp³-hybridized carbons (Fsp3) is 0.257. The zero-order chi connectivity index (χ0) is 32.4. The first-order valence-corrected chi connectivity index (χ1v) is 16.1. The summed E-state index contributed by atoms with van der Waals surface area (Å²) in [4.78, 5) is 29.7. The van der Waals surface area contributed by atoms with E-state index in [9.17, 15) is 18.0 Å². The van der Waals surface area contributed by atoms with Crippen LogP contribution in [0.25, 0.3) is 0 Å². The molecule has 0 heterocycles. The second kappa shape index (κ2) is 15.3. The van der Waals surface area contributed by atoms with Crippen LogP contribution in [0.15, 0.2) is 114 Å². The third-order valence-corrected chi connectivity index (χ3v) is 8.95. The van der Waals surface area contributed by atoms with E-state index in [-0.39, 0.29) is 41.2 Å². The highest BCUT2D eigenvalue weighted by Gasteiger charge is 2.35. The molecule has 2 amide bonds. The van der Waals surface area contributed by atoms with Gasteiger partial charge >= 0.3 is 0 Å². The van der Waals surface area contributed by atoms with E-state index in [0.717, 1.165) is 15.4 Å². The molecule has 0 saturated carbocycles. The highest BCUT2D eigenvalue weighted by Crippen LogP contribution is 2.33. The standard InChI is InChI=1S/C35H39N3O6S/c1-26(2)36-35(40)32(23-27-13-7-5-8-14-27)37(24-28-15-9-6-10-16-28)34(39)25-38(31-17-11-12-18-33(31)44-4)45(41,42)30-21-19-29(43-3)20-22-30/h5-22,26,32H,23-25H2,1-4H3,(H,36,40). The quantitative estimate of drug-likeness (QED) is 0.209. The third kappa shape index (κ3) is 8.42. The van der Waals surface area contributed by atoms with Gasteiger partial charge in [0, 0.05) is 19.0 Å². The molecule has 1 unspecified atom stereocenters. The Morgan fingerprint density at radius 1 is 0.756 bits per heavy atom. The summed E-state index contributed by atoms with van der Waals surface area (Å²) >= 11 is 0. The van der Waals surface area contributed by atoms with Gasteiger partial charge in [0.15, 0.2) is 0 Å². The number of methoxy groups -OCH3 is 2. The molecule has 1 N–H and O–H groups in total. The largest absolute Gasteiger partial charge is 0.497 e. The van der Waals surface area contributed by atoms with Gasteiger partial charge in [-0.25, -0.2) is 8.42 Å². The molecule has 0 radical (unpaired) electrons. The second-order valence-corrected chi connectivity index (χ2v) is 12.6. The lowest BCUT2D eigenvalue weighted by Gasteiger charge is -2.34. The van der Waals surface area contributed by atoms with E-state index in [2.05, 4.69) is 5.32 Å². The van der Waals surface area contributed by atoms with Crippen LogP contribution in [-0.4, -0.2) is 58.0 Å². The number of amides is 2. The molecule has 9 nitrogen and oxygen atoms in total. The van der Waals surface area contributed by atoms with Crippen molar-refractivity contribution >= 4 is 27.5 Å². The fourth-order valence-corrected chi connectivity index (χ4v) is 6.36. The minimum Gasteiger partial charge on any atom is -0.497 e. The van der Waals surface area contributed by atoms with Crippen LogP contribution >= 0.6 is 0 Å². The van der Waals surface area contributed by atoms with Crippen LogP contribution in [0.2, 0.25) is 0 Å². The number of ether oxygens (including phenoxy) is 2. The van der Waals surface area contributed by atoms with Gasteiger partial charge < -0.3 is 19.7 Å². The molecule has 4 aromatic rings. The monoisotopic (exact) mass is 629 g/mol. The number of carbonyl (C=O) groups excluding carboxylic acids is 2. The number of nitrogens with zero attached hydrogens (tertiary/aromatic N) is 2. The molecule has 4 rings (SSSR count). The summed E-state index contributed by atoms with van der Waals surface area (Å²) in [6.45, 7) is 3.21. The zero-order valence-electron chi connectivity index (χ0n) is 25.9. The molecule has 0 aliphatic rings. The van der Waals surface area contributed by atoms with Crippen molar-refractivity contribution < 1.29 is 27.5 Å². The highest BCUT2D eigenvalue weighted by atomic mass is 32.2. The van der Waals surface area contributed by atoms with Crippen molar-refractivity contribution in [2.75, 3.05) is 25.1 Å². The number of anilines is 1. The number of benzene rings is 4. The molecule has 0 saturated heterocycles. The lowest BCUT2D eigenvalue weighted by molar-refractivity contribution is -0.140. The van der Waals surface area contributed by atoms with E-state index in [1.165, 1.54) is 31.3 Å². The fourth-order valence-electron chi connectivity index (χ4n) is 4.94. The van der Waals surface area contributed by atoms with Crippen LogP contribution in [0, 0.1) is 0 Å². The van der Waals surface area contributed by atoms with Gasteiger partial charge in [0.1, 0.15) is 24.1 Å². The number of carbonyl (C=O) groups is 2. The SMILES string of the molecule is COc1ccc(S(=O)(=O)N(CC(=O)N(Cc2ccccc2)C(Cc2ccccc2)C(=O)NC(C)C)c2ccccc2OC)cc1. The predicted octanol–water partition coefficient (Wildman–Crippen LogP) is 5.06. The number of rotatable bonds is 14. The summed E-state index contributed by atoms with van der Waals surface area (Å²) in [7, 11) is -1.36. The number of hydrogen-bond acceptors (Lipinski definition) is 6. The minimum absolute atomic E-state index is 0.0324. The van der Waals surface area contributed by atoms with Gasteiger partial charge in [-0.15, -0.1) is 0 Å². The molecular formula is C35H39N3O6S. The average molecular weight is 630 g/mol. The summed E-state index contributed by atoms with van der Waals surface area (Å²) in [5.41, 5.74) is 1.85. The Bertz CT molecular complexity index is 1660. The number of para-hydroxylation sites is 2. The Labute approximate surface area is 265 Å². The van der Waals surface area contributed by atoms with E-state index in [1.807, 2.05) is 74.5 Å². The van der Waals surface area contributed by atoms with Crippen molar-refractivity contribution in [3.05, 3.63) is 120 Å². The van der Waals surface area contributed by atoms with Gasteiger partial charge in [-0.05, 0) is 61.4 Å². The van der Waals surface area contributed by atoms with Crippen LogP contribution in [-0.2, 0) is 32.6 Å². The lowest BCUT2D eigenvalue weighted by atomic mass is 10.0. The molecular weight excluding hydrogens is 590 g/mol. The molecule has 0 aromatic heterocycles. The smallest absolute Gasteiger partial charge is 0.264 e. The van der Waals surface area contributed by atoms with E-state index < -0.39 is 28.5 Å². The summed E-state index contributed by atoms with van der Waals surface area (Å²) < 4.78 is 40.2. The summed E-state index contributed by atoms with van der Waals surface area (Å²) in [6.07, 6.45) is 0.234. The zero-order valence-corrected chi connectivity index (χ0v) is 26.7. The Hall–Kier alpha value is -4.83. The molecule has 4 aromatic carbocycles. The van der Waals surface area contributed by atoms with Crippen molar-refractivity contribution in [1.29, 1.82) is 0 Å². The molecule has 0 fully saturated rings. The Kier molecular flexibility index (Phi) is 11.2. The van der Waals surface area contributed by atoms with E-state index in [0.29, 0.717) is 5.75 Å². The lowest BCUT2D eigenvalue weighted by Crippen LogP contribution is -2.54. The molecule has 0 spiro atoms. The van der Waals surface area contributed by atoms with E-state index in [4.69, 9.17) is 9.47 Å². The number of nitrogens with one attached hydrogen (secondary N) is 1. The first-order valence-electron chi connectivity index (χ1n) is 14.6. The summed E-state index contributed by atoms with van der Waals surface area (Å²) in [5, 5.41) is 2.96. The van der Waals surface area contributed by atoms with Crippen molar-refractivity contribution in [3.63, 3.8) is 0 Å². The molecule has 0 bridgehead atoms. The van der Waals surface area contributed by atoms with Crippen LogP contribution in [0.1, 0.15) is 25.0 Å². The number of sulfonamides is 1. The molecule has 45 heavy (non-hydrogen) atoms. The van der Waals surface area contributed by atoms with E-state index >= 15 is 0 Å². The minimum atomic E-state index is -4.29. The van der Waals surface area contributed by atoms with Crippen molar-refractivity contribution in [3.8, 4) is 11.5 Å². The average Bonchev–Trinajstić information content (AvgIpc) is 3.05. The van der Waals surface area contributed by atoms with Gasteiger partial charge in [0.2, 0.25) is 11.8 Å². The van der Waals surface area contributed by atoms with Crippen LogP contribution < -0.4 is 19.1 Å². The second-order valence-electron chi connectivity index (χ2n) is 10.7. The van der Waals surface area contributed by atoms with Crippen LogP contribution in [0.3, 0.4) is 0 Å². The summed E-state index contributed by atoms with van der Waals surface area (Å²) in [6, 6.07) is 30.2. The van der Waals surface area contributed by atoms with Crippen molar-refractivity contribution in [2.24, 2.45) is 0 Å². The first kappa shape index (κ1) is 33.1. The van der Waals surface area contributed by atoms with Crippen molar-refractivity contribution in [1.82, 2.24) is 10.2 Å². The van der Waals surface area contributed by atoms with Crippen LogP contribution in [0.4, 0.5) is 5.69 Å². The molecule has 0 aliphatic heterocycles. The molecule has 236 valence electrons. The molecule has 10 heteroatoms. The van der Waals surface area contributed by atoms with Crippen molar-refractivity contribution in [2.45, 2.75) is 43.8 Å². The maximum absolute atomic E-state index is 14.5. The molecule has 1 atom stereocenters. The maximum atomic E-state index is 14.5. The van der Waals surface area contributed by atoms with Gasteiger partial charge in [0.05, 0.1) is 24.8 Å². The third-order valence-electron chi connectivity index (χ3n) is 7.18. The topological polar surface area (TPSA) is 105 Å². The number of hydrogen-bond donors (Lipinski definition) is 1. The molecule has 0 aliphatic carbocycles. The normalized spacial score (nSPS) is 11.8. The van der Waals surface area contributed by atoms with E-state index in [1.54, 1.807) is 36.4 Å².